The molecule has 5 heteroatoms. The first-order chi connectivity index (χ1) is 7.85. The van der Waals surface area contributed by atoms with E-state index < -0.39 is 15.7 Å². The Morgan fingerprint density at radius 3 is 1.88 bits per heavy atom. The molecule has 0 fully saturated rings. The first-order valence-corrected chi connectivity index (χ1v) is 10.8. The summed E-state index contributed by atoms with van der Waals surface area (Å²) < 4.78 is 23.1. The fourth-order valence-corrected chi connectivity index (χ4v) is 8.81. The van der Waals surface area contributed by atoms with Gasteiger partial charge in [-0.15, -0.1) is 0 Å². The van der Waals surface area contributed by atoms with E-state index >= 15 is 0 Å². The van der Waals surface area contributed by atoms with Crippen molar-refractivity contribution < 1.29 is 13.6 Å². The molecule has 1 atom stereocenters. The van der Waals surface area contributed by atoms with Gasteiger partial charge in [-0.1, -0.05) is 50.0 Å². The third-order valence-corrected chi connectivity index (χ3v) is 9.96. The molecular formula is C12H21O3PSi. The maximum absolute atomic E-state index is 12.7. The maximum Gasteiger partial charge on any atom is 0.334 e. The van der Waals surface area contributed by atoms with E-state index in [1.807, 2.05) is 30.3 Å². The molecule has 0 saturated heterocycles. The lowest BCUT2D eigenvalue weighted by Gasteiger charge is -2.33. The summed E-state index contributed by atoms with van der Waals surface area (Å²) in [7, 11) is -1.87. The fraction of sp³-hybridized carbons (Fsp3) is 0.500. The number of rotatable bonds is 5. The highest BCUT2D eigenvalue weighted by Gasteiger charge is 2.44. The Morgan fingerprint density at radius 2 is 1.53 bits per heavy atom. The van der Waals surface area contributed by atoms with Gasteiger partial charge in [0.1, 0.15) is 0 Å². The van der Waals surface area contributed by atoms with Crippen molar-refractivity contribution in [3.8, 4) is 0 Å². The molecule has 1 aromatic rings. The summed E-state index contributed by atoms with van der Waals surface area (Å²) in [6, 6.07) is 9.85. The predicted molar refractivity (Wildman–Crippen MR) is 74.2 cm³/mol. The van der Waals surface area contributed by atoms with Crippen molar-refractivity contribution in [2.24, 2.45) is 0 Å². The highest BCUT2D eigenvalue weighted by molar-refractivity contribution is 7.57. The van der Waals surface area contributed by atoms with Gasteiger partial charge in [0, 0.05) is 14.2 Å². The van der Waals surface area contributed by atoms with Gasteiger partial charge in [0.05, 0.1) is 13.4 Å². The second-order valence-corrected chi connectivity index (χ2v) is 13.2. The van der Waals surface area contributed by atoms with Crippen LogP contribution in [0.1, 0.15) is 10.8 Å². The van der Waals surface area contributed by atoms with E-state index in [1.54, 1.807) is 0 Å². The van der Waals surface area contributed by atoms with Gasteiger partial charge in [0.2, 0.25) is 0 Å². The maximum atomic E-state index is 12.7. The van der Waals surface area contributed by atoms with Crippen LogP contribution in [0.2, 0.25) is 19.6 Å². The Hall–Kier alpha value is -0.413. The van der Waals surface area contributed by atoms with Crippen molar-refractivity contribution in [1.82, 2.24) is 0 Å². The van der Waals surface area contributed by atoms with E-state index in [0.29, 0.717) is 0 Å². The molecule has 1 rings (SSSR count). The first-order valence-electron chi connectivity index (χ1n) is 5.61. The summed E-state index contributed by atoms with van der Waals surface area (Å²) in [5, 5.41) is -0.133. The summed E-state index contributed by atoms with van der Waals surface area (Å²) >= 11 is 0. The second kappa shape index (κ2) is 5.49. The molecule has 0 saturated carbocycles. The number of hydrogen-bond donors (Lipinski definition) is 0. The van der Waals surface area contributed by atoms with E-state index in [4.69, 9.17) is 9.05 Å². The van der Waals surface area contributed by atoms with Crippen LogP contribution in [0.3, 0.4) is 0 Å². The molecule has 0 aliphatic rings. The zero-order chi connectivity index (χ0) is 13.1. The molecule has 0 N–H and O–H groups in total. The third-order valence-electron chi connectivity index (χ3n) is 2.76. The largest absolute Gasteiger partial charge is 0.334 e. The predicted octanol–water partition coefficient (Wildman–Crippen LogP) is 4.09. The zero-order valence-corrected chi connectivity index (χ0v) is 13.0. The average molecular weight is 272 g/mol. The fourth-order valence-electron chi connectivity index (χ4n) is 2.08. The lowest BCUT2D eigenvalue weighted by molar-refractivity contribution is 0.272. The van der Waals surface area contributed by atoms with Crippen LogP contribution in [0.4, 0.5) is 0 Å². The molecule has 1 aromatic carbocycles. The molecule has 0 aliphatic carbocycles. The third kappa shape index (κ3) is 3.29. The Labute approximate surface area is 105 Å². The summed E-state index contributed by atoms with van der Waals surface area (Å²) in [4.78, 5) is 0. The molecule has 3 nitrogen and oxygen atoms in total. The zero-order valence-electron chi connectivity index (χ0n) is 11.1. The molecule has 0 aromatic heterocycles. The average Bonchev–Trinajstić information content (AvgIpc) is 2.28. The first kappa shape index (κ1) is 14.6. The minimum Gasteiger partial charge on any atom is -0.312 e. The Bertz CT molecular complexity index is 392. The van der Waals surface area contributed by atoms with Gasteiger partial charge in [-0.25, -0.2) is 0 Å². The van der Waals surface area contributed by atoms with Crippen LogP contribution in [0, 0.1) is 0 Å². The van der Waals surface area contributed by atoms with Gasteiger partial charge < -0.3 is 9.05 Å². The normalized spacial score (nSPS) is 14.6. The van der Waals surface area contributed by atoms with Crippen LogP contribution >= 0.6 is 7.60 Å². The van der Waals surface area contributed by atoms with Crippen LogP contribution in [-0.2, 0) is 13.6 Å². The van der Waals surface area contributed by atoms with Gasteiger partial charge in [-0.2, -0.15) is 0 Å². The molecule has 0 spiro atoms. The monoisotopic (exact) mass is 272 g/mol. The van der Waals surface area contributed by atoms with Crippen molar-refractivity contribution in [3.05, 3.63) is 35.9 Å². The number of benzene rings is 1. The summed E-state index contributed by atoms with van der Waals surface area (Å²) in [5.41, 5.74) is 1.04. The minimum atomic E-state index is -3.07. The van der Waals surface area contributed by atoms with Crippen LogP contribution in [-0.4, -0.2) is 22.3 Å². The van der Waals surface area contributed by atoms with Crippen molar-refractivity contribution in [3.63, 3.8) is 0 Å². The summed E-state index contributed by atoms with van der Waals surface area (Å²) in [5.74, 6) is 0. The minimum absolute atomic E-state index is 0.133. The van der Waals surface area contributed by atoms with Crippen molar-refractivity contribution >= 4 is 15.7 Å². The summed E-state index contributed by atoms with van der Waals surface area (Å²) in [6.45, 7) is 6.53. The van der Waals surface area contributed by atoms with Crippen molar-refractivity contribution in [1.29, 1.82) is 0 Å². The highest BCUT2D eigenvalue weighted by atomic mass is 31.2. The SMILES string of the molecule is COP(=O)(OC)C(c1ccccc1)[Si](C)(C)C. The lowest BCUT2D eigenvalue weighted by atomic mass is 10.2. The van der Waals surface area contributed by atoms with E-state index in [-0.39, 0.29) is 5.28 Å². The molecule has 0 radical (unpaired) electrons. The van der Waals surface area contributed by atoms with Crippen LogP contribution in [0.15, 0.2) is 30.3 Å². The number of hydrogen-bond acceptors (Lipinski definition) is 3. The van der Waals surface area contributed by atoms with E-state index in [9.17, 15) is 4.57 Å². The smallest absolute Gasteiger partial charge is 0.312 e. The van der Waals surface area contributed by atoms with Gasteiger partial charge in [0.15, 0.2) is 0 Å². The van der Waals surface area contributed by atoms with Gasteiger partial charge in [-0.3, -0.25) is 4.57 Å². The van der Waals surface area contributed by atoms with Crippen LogP contribution in [0.25, 0.3) is 0 Å². The Morgan fingerprint density at radius 1 is 1.06 bits per heavy atom. The Kier molecular flexibility index (Phi) is 4.73. The van der Waals surface area contributed by atoms with E-state index in [1.165, 1.54) is 14.2 Å². The van der Waals surface area contributed by atoms with Gasteiger partial charge in [-0.05, 0) is 5.56 Å². The van der Waals surface area contributed by atoms with Crippen molar-refractivity contribution in [2.45, 2.75) is 24.9 Å². The Balaban J connectivity index is 3.28. The molecule has 17 heavy (non-hydrogen) atoms. The summed E-state index contributed by atoms with van der Waals surface area (Å²) in [6.07, 6.45) is 0. The second-order valence-electron chi connectivity index (χ2n) is 5.08. The molecule has 1 unspecified atom stereocenters. The standard InChI is InChI=1S/C12H21O3PSi/c1-14-16(13,15-2)12(17(3,4)5)11-9-7-6-8-10-11/h6-10,12H,1-5H3. The molecule has 0 amide bonds. The lowest BCUT2D eigenvalue weighted by Crippen LogP contribution is -2.31. The van der Waals surface area contributed by atoms with E-state index in [0.717, 1.165) is 5.56 Å². The molecule has 96 valence electrons. The molecule has 0 heterocycles. The van der Waals surface area contributed by atoms with Crippen molar-refractivity contribution in [2.75, 3.05) is 14.2 Å². The van der Waals surface area contributed by atoms with Gasteiger partial charge in [0.25, 0.3) is 0 Å². The quantitative estimate of drug-likeness (QED) is 0.598. The van der Waals surface area contributed by atoms with E-state index in [2.05, 4.69) is 19.6 Å². The van der Waals surface area contributed by atoms with Crippen LogP contribution < -0.4 is 0 Å². The van der Waals surface area contributed by atoms with Crippen LogP contribution in [0.5, 0.6) is 0 Å². The molecular weight excluding hydrogens is 251 g/mol. The van der Waals surface area contributed by atoms with Gasteiger partial charge >= 0.3 is 7.60 Å². The highest BCUT2D eigenvalue weighted by Crippen LogP contribution is 2.63. The molecule has 0 bridgehead atoms. The topological polar surface area (TPSA) is 35.5 Å². The molecule has 0 aliphatic heterocycles.